The first-order chi connectivity index (χ1) is 11.6. The minimum Gasteiger partial charge on any atom is -0.466 e. The van der Waals surface area contributed by atoms with Crippen LogP contribution in [-0.4, -0.2) is 23.5 Å². The third-order valence-corrected chi connectivity index (χ3v) is 5.14. The molecule has 0 saturated heterocycles. The average Bonchev–Trinajstić information content (AvgIpc) is 2.96. The van der Waals surface area contributed by atoms with Gasteiger partial charge in [-0.1, -0.05) is 17.7 Å². The molecule has 126 valence electrons. The Bertz CT molecular complexity index is 775. The molecule has 0 radical (unpaired) electrons. The van der Waals surface area contributed by atoms with Crippen LogP contribution in [0.15, 0.2) is 24.3 Å². The van der Waals surface area contributed by atoms with Crippen molar-refractivity contribution in [2.75, 3.05) is 11.9 Å². The molecule has 0 aliphatic heterocycles. The highest BCUT2D eigenvalue weighted by atomic mass is 35.5. The number of benzene rings is 1. The number of fused-ring (bicyclic) bond motifs is 1. The Morgan fingerprint density at radius 1 is 1.46 bits per heavy atom. The van der Waals surface area contributed by atoms with Gasteiger partial charge in [0.2, 0.25) is 0 Å². The molecule has 1 N–H and O–H groups in total. The number of nitrogens with zero attached hydrogens (tertiary/aromatic N) is 1. The van der Waals surface area contributed by atoms with Gasteiger partial charge in [0.05, 0.1) is 18.2 Å². The number of hydrogen-bond acceptors (Lipinski definition) is 5. The molecule has 2 aromatic rings. The lowest BCUT2D eigenvalue weighted by Crippen LogP contribution is -2.24. The van der Waals surface area contributed by atoms with Crippen LogP contribution in [0, 0.1) is 5.92 Å². The van der Waals surface area contributed by atoms with Gasteiger partial charge in [-0.15, -0.1) is 11.3 Å². The molecule has 0 spiro atoms. The molecule has 1 aromatic carbocycles. The van der Waals surface area contributed by atoms with E-state index in [4.69, 9.17) is 16.3 Å². The topological polar surface area (TPSA) is 68.3 Å². The molecule has 1 aliphatic rings. The lowest BCUT2D eigenvalue weighted by Gasteiger charge is -2.18. The third kappa shape index (κ3) is 3.76. The van der Waals surface area contributed by atoms with Crippen molar-refractivity contribution in [2.45, 2.75) is 26.2 Å². The molecule has 0 fully saturated rings. The molecule has 1 heterocycles. The number of thiazole rings is 1. The fourth-order valence-electron chi connectivity index (χ4n) is 2.69. The number of rotatable bonds is 4. The molecule has 7 heteroatoms. The first-order valence-corrected chi connectivity index (χ1v) is 8.98. The highest BCUT2D eigenvalue weighted by Crippen LogP contribution is 2.33. The lowest BCUT2D eigenvalue weighted by atomic mass is 9.91. The van der Waals surface area contributed by atoms with Crippen LogP contribution in [0.4, 0.5) is 5.13 Å². The van der Waals surface area contributed by atoms with Gasteiger partial charge >= 0.3 is 5.97 Å². The van der Waals surface area contributed by atoms with Crippen molar-refractivity contribution >= 4 is 39.9 Å². The first kappa shape index (κ1) is 16.9. The van der Waals surface area contributed by atoms with E-state index in [1.54, 1.807) is 24.3 Å². The normalized spacial score (nSPS) is 16.3. The van der Waals surface area contributed by atoms with Gasteiger partial charge in [-0.25, -0.2) is 4.98 Å². The van der Waals surface area contributed by atoms with E-state index in [9.17, 15) is 9.59 Å². The number of ether oxygens (including phenoxy) is 1. The molecule has 1 unspecified atom stereocenters. The molecule has 1 atom stereocenters. The molecule has 24 heavy (non-hydrogen) atoms. The zero-order valence-corrected chi connectivity index (χ0v) is 14.7. The number of anilines is 1. The van der Waals surface area contributed by atoms with Crippen molar-refractivity contribution in [2.24, 2.45) is 5.92 Å². The SMILES string of the molecule is CCOC(=O)C1CCc2nc(NC(=O)c3cccc(Cl)c3)sc2C1. The summed E-state index contributed by atoms with van der Waals surface area (Å²) in [5.74, 6) is -0.513. The minimum atomic E-state index is -0.245. The molecule has 1 amide bonds. The van der Waals surface area contributed by atoms with Crippen molar-refractivity contribution < 1.29 is 14.3 Å². The Morgan fingerprint density at radius 2 is 2.29 bits per heavy atom. The highest BCUT2D eigenvalue weighted by molar-refractivity contribution is 7.15. The summed E-state index contributed by atoms with van der Waals surface area (Å²) in [4.78, 5) is 29.7. The van der Waals surface area contributed by atoms with Gasteiger partial charge in [-0.05, 0) is 44.4 Å². The van der Waals surface area contributed by atoms with Crippen LogP contribution in [0.1, 0.15) is 34.3 Å². The van der Waals surface area contributed by atoms with Crippen molar-refractivity contribution in [1.29, 1.82) is 0 Å². The van der Waals surface area contributed by atoms with E-state index in [-0.39, 0.29) is 17.8 Å². The van der Waals surface area contributed by atoms with Crippen LogP contribution in [0.25, 0.3) is 0 Å². The number of nitrogens with one attached hydrogen (secondary N) is 1. The zero-order valence-electron chi connectivity index (χ0n) is 13.2. The summed E-state index contributed by atoms with van der Waals surface area (Å²) in [7, 11) is 0. The summed E-state index contributed by atoms with van der Waals surface area (Å²) in [6.07, 6.45) is 2.08. The second kappa shape index (κ2) is 7.32. The maximum atomic E-state index is 12.3. The number of carbonyl (C=O) groups is 2. The van der Waals surface area contributed by atoms with Crippen molar-refractivity contribution in [1.82, 2.24) is 4.98 Å². The maximum absolute atomic E-state index is 12.3. The van der Waals surface area contributed by atoms with Crippen LogP contribution in [-0.2, 0) is 22.4 Å². The molecule has 1 aliphatic carbocycles. The van der Waals surface area contributed by atoms with Gasteiger partial charge in [0.1, 0.15) is 0 Å². The number of halogens is 1. The van der Waals surface area contributed by atoms with E-state index >= 15 is 0 Å². The summed E-state index contributed by atoms with van der Waals surface area (Å²) in [6, 6.07) is 6.76. The maximum Gasteiger partial charge on any atom is 0.309 e. The Hall–Kier alpha value is -1.92. The molecule has 5 nitrogen and oxygen atoms in total. The van der Waals surface area contributed by atoms with Gasteiger partial charge in [0, 0.05) is 15.5 Å². The van der Waals surface area contributed by atoms with Gasteiger partial charge in [-0.3, -0.25) is 14.9 Å². The van der Waals surface area contributed by atoms with Crippen LogP contribution >= 0.6 is 22.9 Å². The van der Waals surface area contributed by atoms with Gasteiger partial charge in [0.15, 0.2) is 5.13 Å². The fraction of sp³-hybridized carbons (Fsp3) is 0.353. The Morgan fingerprint density at radius 3 is 3.04 bits per heavy atom. The van der Waals surface area contributed by atoms with E-state index < -0.39 is 0 Å². The summed E-state index contributed by atoms with van der Waals surface area (Å²) in [5, 5.41) is 3.87. The second-order valence-electron chi connectivity index (χ2n) is 5.55. The van der Waals surface area contributed by atoms with E-state index in [0.717, 1.165) is 23.4 Å². The quantitative estimate of drug-likeness (QED) is 0.839. The molecule has 0 saturated carbocycles. The molecular formula is C17H17ClN2O3S. The number of amides is 1. The van der Waals surface area contributed by atoms with Crippen molar-refractivity contribution in [3.05, 3.63) is 45.4 Å². The summed E-state index contributed by atoms with van der Waals surface area (Å²) >= 11 is 7.33. The fourth-order valence-corrected chi connectivity index (χ4v) is 3.96. The number of esters is 1. The molecule has 0 bridgehead atoms. The Kier molecular flexibility index (Phi) is 5.16. The van der Waals surface area contributed by atoms with Crippen LogP contribution < -0.4 is 5.32 Å². The van der Waals surface area contributed by atoms with Gasteiger partial charge in [0.25, 0.3) is 5.91 Å². The minimum absolute atomic E-state index is 0.116. The number of aryl methyl sites for hydroxylation is 1. The van der Waals surface area contributed by atoms with Gasteiger partial charge < -0.3 is 4.74 Å². The summed E-state index contributed by atoms with van der Waals surface area (Å²) in [6.45, 7) is 2.20. The summed E-state index contributed by atoms with van der Waals surface area (Å²) in [5.41, 5.74) is 1.45. The highest BCUT2D eigenvalue weighted by Gasteiger charge is 2.28. The summed E-state index contributed by atoms with van der Waals surface area (Å²) < 4.78 is 5.10. The number of carbonyl (C=O) groups excluding carboxylic acids is 2. The third-order valence-electron chi connectivity index (χ3n) is 3.87. The van der Waals surface area contributed by atoms with E-state index in [0.29, 0.717) is 28.7 Å². The van der Waals surface area contributed by atoms with E-state index in [1.807, 2.05) is 6.92 Å². The predicted molar refractivity (Wildman–Crippen MR) is 93.7 cm³/mol. The standard InChI is InChI=1S/C17H17ClN2O3S/c1-2-23-16(22)11-6-7-13-14(9-11)24-17(19-13)20-15(21)10-4-3-5-12(18)8-10/h3-5,8,11H,2,6-7,9H2,1H3,(H,19,20,21). The van der Waals surface area contributed by atoms with Gasteiger partial charge in [-0.2, -0.15) is 0 Å². The second-order valence-corrected chi connectivity index (χ2v) is 7.07. The number of hydrogen-bond donors (Lipinski definition) is 1. The van der Waals surface area contributed by atoms with E-state index in [2.05, 4.69) is 10.3 Å². The van der Waals surface area contributed by atoms with Crippen LogP contribution in [0.3, 0.4) is 0 Å². The number of aromatic nitrogens is 1. The van der Waals surface area contributed by atoms with Crippen LogP contribution in [0.2, 0.25) is 5.02 Å². The van der Waals surface area contributed by atoms with Crippen LogP contribution in [0.5, 0.6) is 0 Å². The largest absolute Gasteiger partial charge is 0.466 e. The zero-order chi connectivity index (χ0) is 17.1. The molecule has 1 aromatic heterocycles. The molecule has 3 rings (SSSR count). The average molecular weight is 365 g/mol. The Balaban J connectivity index is 1.70. The van der Waals surface area contributed by atoms with Crippen molar-refractivity contribution in [3.63, 3.8) is 0 Å². The lowest BCUT2D eigenvalue weighted by molar-refractivity contribution is -0.148. The Labute approximate surface area is 149 Å². The molecular weight excluding hydrogens is 348 g/mol. The monoisotopic (exact) mass is 364 g/mol. The van der Waals surface area contributed by atoms with E-state index in [1.165, 1.54) is 11.3 Å². The van der Waals surface area contributed by atoms with Crippen molar-refractivity contribution in [3.8, 4) is 0 Å². The first-order valence-electron chi connectivity index (χ1n) is 7.79. The predicted octanol–water partition coefficient (Wildman–Crippen LogP) is 3.72. The smallest absolute Gasteiger partial charge is 0.309 e.